The first-order chi connectivity index (χ1) is 10.2. The lowest BCUT2D eigenvalue weighted by molar-refractivity contribution is 0.102. The number of halogens is 1. The third-order valence-electron chi connectivity index (χ3n) is 2.60. The number of aromatic nitrogens is 3. The Hall–Kier alpha value is -2.29. The normalized spacial score (nSPS) is 10.6. The minimum absolute atomic E-state index is 0.172. The summed E-state index contributed by atoms with van der Waals surface area (Å²) in [6.45, 7) is 0. The second kappa shape index (κ2) is 5.60. The Morgan fingerprint density at radius 1 is 1.29 bits per heavy atom. The van der Waals surface area contributed by atoms with Gasteiger partial charge in [0, 0.05) is 5.02 Å². The quantitative estimate of drug-likeness (QED) is 0.505. The smallest absolute Gasteiger partial charge is 0.277 e. The van der Waals surface area contributed by atoms with E-state index in [0.29, 0.717) is 16.0 Å². The van der Waals surface area contributed by atoms with Gasteiger partial charge in [0.25, 0.3) is 5.91 Å². The van der Waals surface area contributed by atoms with E-state index in [1.54, 1.807) is 18.2 Å². The molecule has 0 aliphatic heterocycles. The molecule has 0 bridgehead atoms. The Balaban J connectivity index is 1.81. The maximum atomic E-state index is 12.0. The van der Waals surface area contributed by atoms with Crippen LogP contribution in [0.4, 0.5) is 10.9 Å². The summed E-state index contributed by atoms with van der Waals surface area (Å²) >= 11 is 7.25. The summed E-state index contributed by atoms with van der Waals surface area (Å²) in [6.07, 6.45) is 2.70. The van der Waals surface area contributed by atoms with Gasteiger partial charge < -0.3 is 5.43 Å². The van der Waals surface area contributed by atoms with Crippen LogP contribution < -0.4 is 16.6 Å². The van der Waals surface area contributed by atoms with Crippen molar-refractivity contribution in [2.24, 2.45) is 5.84 Å². The van der Waals surface area contributed by atoms with Crippen LogP contribution in [0.3, 0.4) is 0 Å². The van der Waals surface area contributed by atoms with Crippen molar-refractivity contribution in [3.8, 4) is 0 Å². The second-order valence-corrected chi connectivity index (χ2v) is 5.48. The Labute approximate surface area is 128 Å². The standard InChI is InChI=1S/C12H9ClN6OS/c13-6-1-2-7-9(3-6)21-12(17-7)18-11(20)8-4-16-10(19-14)5-15-8/h1-5H,14H2,(H,16,19)(H,17,18,20). The molecular formula is C12H9ClN6OS. The predicted octanol–water partition coefficient (Wildman–Crippen LogP) is 2.28. The minimum Gasteiger partial charge on any atom is -0.307 e. The van der Waals surface area contributed by atoms with Gasteiger partial charge in [0.15, 0.2) is 10.9 Å². The van der Waals surface area contributed by atoms with Crippen LogP contribution in [0.15, 0.2) is 30.6 Å². The van der Waals surface area contributed by atoms with Crippen molar-refractivity contribution < 1.29 is 4.79 Å². The molecule has 0 saturated heterocycles. The van der Waals surface area contributed by atoms with Gasteiger partial charge in [-0.2, -0.15) is 0 Å². The van der Waals surface area contributed by atoms with Crippen LogP contribution in [0, 0.1) is 0 Å². The van der Waals surface area contributed by atoms with Gasteiger partial charge in [0.05, 0.1) is 22.6 Å². The third-order valence-corrected chi connectivity index (χ3v) is 3.77. The monoisotopic (exact) mass is 320 g/mol. The summed E-state index contributed by atoms with van der Waals surface area (Å²) in [6, 6.07) is 5.34. The first-order valence-electron chi connectivity index (χ1n) is 5.82. The molecule has 9 heteroatoms. The number of fused-ring (bicyclic) bond motifs is 1. The van der Waals surface area contributed by atoms with Crippen molar-refractivity contribution in [3.05, 3.63) is 41.3 Å². The van der Waals surface area contributed by atoms with Crippen LogP contribution in [0.5, 0.6) is 0 Å². The number of thiazole rings is 1. The Morgan fingerprint density at radius 2 is 2.14 bits per heavy atom. The Morgan fingerprint density at radius 3 is 2.86 bits per heavy atom. The number of amides is 1. The molecule has 106 valence electrons. The molecule has 1 aromatic carbocycles. The first-order valence-corrected chi connectivity index (χ1v) is 7.01. The van der Waals surface area contributed by atoms with E-state index < -0.39 is 5.91 Å². The van der Waals surface area contributed by atoms with Crippen molar-refractivity contribution >= 4 is 50.0 Å². The molecule has 0 spiro atoms. The van der Waals surface area contributed by atoms with Crippen LogP contribution in [-0.4, -0.2) is 20.9 Å². The lowest BCUT2D eigenvalue weighted by atomic mass is 10.3. The average molecular weight is 321 g/mol. The van der Waals surface area contributed by atoms with E-state index in [0.717, 1.165) is 10.2 Å². The zero-order valence-electron chi connectivity index (χ0n) is 10.5. The molecule has 3 rings (SSSR count). The number of hydrogen-bond donors (Lipinski definition) is 3. The van der Waals surface area contributed by atoms with Gasteiger partial charge in [-0.1, -0.05) is 22.9 Å². The highest BCUT2D eigenvalue weighted by Gasteiger charge is 2.11. The number of carbonyl (C=O) groups is 1. The van der Waals surface area contributed by atoms with E-state index in [2.05, 4.69) is 25.7 Å². The van der Waals surface area contributed by atoms with Crippen molar-refractivity contribution in [2.45, 2.75) is 0 Å². The fourth-order valence-corrected chi connectivity index (χ4v) is 2.77. The molecule has 2 aromatic heterocycles. The lowest BCUT2D eigenvalue weighted by Crippen LogP contribution is -2.15. The van der Waals surface area contributed by atoms with E-state index in [9.17, 15) is 4.79 Å². The summed E-state index contributed by atoms with van der Waals surface area (Å²) in [5.74, 6) is 5.17. The number of nitrogens with two attached hydrogens (primary N) is 1. The number of benzene rings is 1. The molecule has 0 radical (unpaired) electrons. The number of nitrogens with one attached hydrogen (secondary N) is 2. The molecule has 2 heterocycles. The fourth-order valence-electron chi connectivity index (χ4n) is 1.63. The number of hydrazine groups is 1. The number of nitrogens with zero attached hydrogens (tertiary/aromatic N) is 3. The highest BCUT2D eigenvalue weighted by molar-refractivity contribution is 7.22. The molecule has 0 aliphatic rings. The SMILES string of the molecule is NNc1cnc(C(=O)Nc2nc3ccc(Cl)cc3s2)cn1. The van der Waals surface area contributed by atoms with Gasteiger partial charge in [0.2, 0.25) is 0 Å². The lowest BCUT2D eigenvalue weighted by Gasteiger charge is -2.01. The van der Waals surface area contributed by atoms with E-state index >= 15 is 0 Å². The van der Waals surface area contributed by atoms with Crippen molar-refractivity contribution in [1.82, 2.24) is 15.0 Å². The van der Waals surface area contributed by atoms with E-state index in [4.69, 9.17) is 17.4 Å². The Kier molecular flexibility index (Phi) is 3.65. The Bertz CT molecular complexity index is 803. The van der Waals surface area contributed by atoms with Crippen molar-refractivity contribution in [2.75, 3.05) is 10.7 Å². The van der Waals surface area contributed by atoms with Crippen molar-refractivity contribution in [1.29, 1.82) is 0 Å². The maximum Gasteiger partial charge on any atom is 0.277 e. The summed E-state index contributed by atoms with van der Waals surface area (Å²) in [5, 5.41) is 3.77. The number of rotatable bonds is 3. The van der Waals surface area contributed by atoms with Gasteiger partial charge in [-0.3, -0.25) is 10.1 Å². The van der Waals surface area contributed by atoms with E-state index in [1.165, 1.54) is 23.7 Å². The zero-order valence-corrected chi connectivity index (χ0v) is 12.1. The second-order valence-electron chi connectivity index (χ2n) is 4.02. The van der Waals surface area contributed by atoms with Crippen molar-refractivity contribution in [3.63, 3.8) is 0 Å². The predicted molar refractivity (Wildman–Crippen MR) is 82.4 cm³/mol. The van der Waals surface area contributed by atoms with Crippen LogP contribution in [0.2, 0.25) is 5.02 Å². The molecule has 0 aliphatic carbocycles. The van der Waals surface area contributed by atoms with Gasteiger partial charge in [-0.25, -0.2) is 20.8 Å². The molecule has 4 N–H and O–H groups in total. The zero-order chi connectivity index (χ0) is 14.8. The highest BCUT2D eigenvalue weighted by Crippen LogP contribution is 2.28. The first kappa shape index (κ1) is 13.7. The third kappa shape index (κ3) is 2.92. The van der Waals surface area contributed by atoms with E-state index in [-0.39, 0.29) is 5.69 Å². The van der Waals surface area contributed by atoms with E-state index in [1.807, 2.05) is 0 Å². The molecule has 0 saturated carbocycles. The molecule has 0 fully saturated rings. The van der Waals surface area contributed by atoms with Gasteiger partial charge in [-0.05, 0) is 18.2 Å². The molecular weight excluding hydrogens is 312 g/mol. The van der Waals surface area contributed by atoms with Gasteiger partial charge >= 0.3 is 0 Å². The summed E-state index contributed by atoms with van der Waals surface area (Å²) in [4.78, 5) is 24.2. The molecule has 0 atom stereocenters. The number of carbonyl (C=O) groups excluding carboxylic acids is 1. The molecule has 21 heavy (non-hydrogen) atoms. The molecule has 3 aromatic rings. The fraction of sp³-hybridized carbons (Fsp3) is 0. The van der Waals surface area contributed by atoms with Gasteiger partial charge in [-0.15, -0.1) is 0 Å². The minimum atomic E-state index is -0.392. The number of anilines is 2. The van der Waals surface area contributed by atoms with Crippen LogP contribution in [-0.2, 0) is 0 Å². The topological polar surface area (TPSA) is 106 Å². The maximum absolute atomic E-state index is 12.0. The highest BCUT2D eigenvalue weighted by atomic mass is 35.5. The van der Waals surface area contributed by atoms with Gasteiger partial charge in [0.1, 0.15) is 5.69 Å². The van der Waals surface area contributed by atoms with Crippen LogP contribution in [0.1, 0.15) is 10.5 Å². The largest absolute Gasteiger partial charge is 0.307 e. The number of nitrogen functional groups attached to an aromatic ring is 1. The summed E-state index contributed by atoms with van der Waals surface area (Å²) in [5.41, 5.74) is 3.28. The number of hydrogen-bond acceptors (Lipinski definition) is 7. The van der Waals surface area contributed by atoms with Crippen LogP contribution in [0.25, 0.3) is 10.2 Å². The molecule has 0 unspecified atom stereocenters. The molecule has 7 nitrogen and oxygen atoms in total. The van der Waals surface area contributed by atoms with Crippen LogP contribution >= 0.6 is 22.9 Å². The summed E-state index contributed by atoms with van der Waals surface area (Å²) in [7, 11) is 0. The average Bonchev–Trinajstić information content (AvgIpc) is 2.88. The molecule has 1 amide bonds. The summed E-state index contributed by atoms with van der Waals surface area (Å²) < 4.78 is 0.895.